The Bertz CT molecular complexity index is 1540. The van der Waals surface area contributed by atoms with E-state index < -0.39 is 0 Å². The average molecular weight is 862 g/mol. The minimum atomic E-state index is 0. The van der Waals surface area contributed by atoms with Gasteiger partial charge in [-0.2, -0.15) is 0 Å². The topological polar surface area (TPSA) is 37.6 Å². The van der Waals surface area contributed by atoms with E-state index in [0.29, 0.717) is 28.7 Å². The zero-order chi connectivity index (χ0) is 35.3. The van der Waals surface area contributed by atoms with Gasteiger partial charge in [0.25, 0.3) is 0 Å². The predicted octanol–water partition coefficient (Wildman–Crippen LogP) is 5.83. The van der Waals surface area contributed by atoms with Crippen LogP contribution in [0.2, 0.25) is 5.02 Å². The number of hydrogen-bond acceptors (Lipinski definition) is 3. The van der Waals surface area contributed by atoms with E-state index in [1.54, 1.807) is 0 Å². The van der Waals surface area contributed by atoms with E-state index in [1.165, 1.54) is 173 Å². The van der Waals surface area contributed by atoms with Gasteiger partial charge in [0.1, 0.15) is 0 Å². The molecule has 1 heterocycles. The fourth-order valence-electron chi connectivity index (χ4n) is 10.1. The van der Waals surface area contributed by atoms with Gasteiger partial charge in [0.05, 0.1) is 34.2 Å². The molecule has 298 valence electrons. The maximum atomic E-state index is 6.95. The number of aromatic nitrogens is 1. The Balaban J connectivity index is 0.00000203. The van der Waals surface area contributed by atoms with E-state index in [2.05, 4.69) is 52.0 Å². The largest absolute Gasteiger partial charge is 3.00 e. The first-order valence-electron chi connectivity index (χ1n) is 20.9. The molecule has 8 heteroatoms. The predicted molar refractivity (Wildman–Crippen MR) is 219 cm³/mol. The first-order chi connectivity index (χ1) is 24.8. The van der Waals surface area contributed by atoms with Crippen molar-refractivity contribution in [3.63, 3.8) is 0 Å². The molecule has 0 amide bonds. The van der Waals surface area contributed by atoms with Crippen LogP contribution in [0.3, 0.4) is 0 Å². The molecule has 0 unspecified atom stereocenters. The van der Waals surface area contributed by atoms with Crippen LogP contribution in [-0.4, -0.2) is 16.4 Å². The van der Waals surface area contributed by atoms with Gasteiger partial charge in [-0.05, 0) is 137 Å². The summed E-state index contributed by atoms with van der Waals surface area (Å²) in [6.07, 6.45) is 26.2. The summed E-state index contributed by atoms with van der Waals surface area (Å²) in [6.45, 7) is 8.87. The molecular weight excluding hydrogens is 799 g/mol. The SMILES string of the molecule is CC(=Nc1c(C2CCCCC2)cc(C)cc1C1CCCCC1)c1cc(Cl)cc(C(C)=Nc2c(C3CCCCC3)cc(C)cc2C2CCCCC2)n1.[Cl-].[Cl-].[Cl-].[V+3]. The minimum Gasteiger partial charge on any atom is -1.00 e. The molecule has 4 fully saturated rings. The van der Waals surface area contributed by atoms with E-state index in [0.717, 1.165) is 22.8 Å². The van der Waals surface area contributed by atoms with Crippen molar-refractivity contribution < 1.29 is 55.8 Å². The molecule has 3 aromatic rings. The molecule has 4 aliphatic carbocycles. The molecule has 3 nitrogen and oxygen atoms in total. The Kier molecular flexibility index (Phi) is 19.9. The van der Waals surface area contributed by atoms with Gasteiger partial charge in [-0.15, -0.1) is 0 Å². The zero-order valence-corrected chi connectivity index (χ0v) is 38.1. The Morgan fingerprint density at radius 2 is 0.727 bits per heavy atom. The summed E-state index contributed by atoms with van der Waals surface area (Å²) >= 11 is 6.95. The second-order valence-corrected chi connectivity index (χ2v) is 17.3. The first-order valence-corrected chi connectivity index (χ1v) is 21.3. The number of pyridine rings is 1. The normalized spacial score (nSPS) is 19.4. The Labute approximate surface area is 368 Å². The number of aryl methyl sites for hydroxylation is 2. The van der Waals surface area contributed by atoms with Gasteiger partial charge >= 0.3 is 18.6 Å². The van der Waals surface area contributed by atoms with E-state index in [-0.39, 0.29) is 55.8 Å². The third-order valence-corrected chi connectivity index (χ3v) is 13.1. The zero-order valence-electron chi connectivity index (χ0n) is 33.7. The van der Waals surface area contributed by atoms with Gasteiger partial charge in [-0.25, -0.2) is 4.98 Å². The van der Waals surface area contributed by atoms with Crippen molar-refractivity contribution >= 4 is 34.4 Å². The fraction of sp³-hybridized carbons (Fsp3) is 0.596. The molecule has 2 aromatic carbocycles. The summed E-state index contributed by atoms with van der Waals surface area (Å²) < 4.78 is 0. The van der Waals surface area contributed by atoms with Crippen molar-refractivity contribution in [2.45, 2.75) is 180 Å². The summed E-state index contributed by atoms with van der Waals surface area (Å²) in [4.78, 5) is 16.4. The van der Waals surface area contributed by atoms with Crippen LogP contribution in [0.15, 0.2) is 46.4 Å². The third-order valence-electron chi connectivity index (χ3n) is 12.9. The number of benzene rings is 2. The van der Waals surface area contributed by atoms with Crippen LogP contribution in [0.4, 0.5) is 11.4 Å². The van der Waals surface area contributed by atoms with Crippen LogP contribution in [0, 0.1) is 13.8 Å². The Morgan fingerprint density at radius 1 is 0.473 bits per heavy atom. The van der Waals surface area contributed by atoms with Crippen molar-refractivity contribution in [1.82, 2.24) is 4.98 Å². The van der Waals surface area contributed by atoms with Crippen LogP contribution >= 0.6 is 11.6 Å². The van der Waals surface area contributed by atoms with Gasteiger partial charge in [0.2, 0.25) is 0 Å². The molecule has 0 spiro atoms. The third kappa shape index (κ3) is 11.9. The molecule has 1 aromatic heterocycles. The molecule has 55 heavy (non-hydrogen) atoms. The summed E-state index contributed by atoms with van der Waals surface area (Å²) in [5.41, 5.74) is 14.8. The number of nitrogens with zero attached hydrogens (tertiary/aromatic N) is 3. The van der Waals surface area contributed by atoms with E-state index in [9.17, 15) is 0 Å². The van der Waals surface area contributed by atoms with Crippen LogP contribution in [0.5, 0.6) is 0 Å². The monoisotopic (exact) mass is 859 g/mol. The quantitative estimate of drug-likeness (QED) is 0.263. The van der Waals surface area contributed by atoms with Crippen LogP contribution < -0.4 is 37.2 Å². The number of aliphatic imine (C=N–C) groups is 2. The van der Waals surface area contributed by atoms with Crippen LogP contribution in [0.25, 0.3) is 0 Å². The maximum absolute atomic E-state index is 6.95. The Hall–Kier alpha value is -1.33. The number of hydrogen-bond donors (Lipinski definition) is 0. The van der Waals surface area contributed by atoms with Crippen LogP contribution in [0.1, 0.15) is 211 Å². The van der Waals surface area contributed by atoms with E-state index in [4.69, 9.17) is 26.6 Å². The van der Waals surface area contributed by atoms with Gasteiger partial charge < -0.3 is 37.2 Å². The summed E-state index contributed by atoms with van der Waals surface area (Å²) in [5.74, 6) is 2.37. The standard InChI is InChI=1S/C47H62ClN3.3ClH.V/c1-31-25-40(35-17-9-5-10-18-35)46(41(26-31)36-19-11-6-12-20-36)49-33(3)44-29-39(48)30-45(51-44)34(4)50-47-42(37-21-13-7-14-22-37)27-32(2)28-43(47)38-23-15-8-16-24-38;;;;/h25-30,35-38H,5-24H2,1-4H3;3*1H;/q;;;;+3/p-3. The molecule has 4 saturated carbocycles. The molecule has 0 atom stereocenters. The maximum Gasteiger partial charge on any atom is 3.00 e. The molecule has 0 aliphatic heterocycles. The number of rotatable bonds is 8. The van der Waals surface area contributed by atoms with Gasteiger partial charge in [0.15, 0.2) is 0 Å². The molecule has 4 aliphatic rings. The molecule has 0 radical (unpaired) electrons. The molecule has 7 rings (SSSR count). The van der Waals surface area contributed by atoms with E-state index >= 15 is 0 Å². The smallest absolute Gasteiger partial charge is 1.00 e. The van der Waals surface area contributed by atoms with Crippen molar-refractivity contribution in [3.8, 4) is 0 Å². The van der Waals surface area contributed by atoms with Gasteiger partial charge in [-0.1, -0.05) is 124 Å². The second kappa shape index (κ2) is 22.7. The molecular formula is C47H62Cl4N3V. The second-order valence-electron chi connectivity index (χ2n) is 16.9. The van der Waals surface area contributed by atoms with E-state index in [1.807, 2.05) is 12.1 Å². The molecule has 0 N–H and O–H groups in total. The van der Waals surface area contributed by atoms with Crippen LogP contribution in [-0.2, 0) is 18.6 Å². The van der Waals surface area contributed by atoms with Crippen molar-refractivity contribution in [1.29, 1.82) is 0 Å². The fourth-order valence-corrected chi connectivity index (χ4v) is 10.4. The van der Waals surface area contributed by atoms with Crippen molar-refractivity contribution in [2.24, 2.45) is 9.98 Å². The first kappa shape index (κ1) is 48.0. The Morgan fingerprint density at radius 3 is 0.982 bits per heavy atom. The van der Waals surface area contributed by atoms with Crippen molar-refractivity contribution in [2.75, 3.05) is 0 Å². The summed E-state index contributed by atoms with van der Waals surface area (Å²) in [5, 5.41) is 0.701. The molecule has 0 bridgehead atoms. The van der Waals surface area contributed by atoms with Gasteiger partial charge in [-0.3, -0.25) is 9.98 Å². The molecule has 0 saturated heterocycles. The average Bonchev–Trinajstić information content (AvgIpc) is 3.17. The summed E-state index contributed by atoms with van der Waals surface area (Å²) in [6, 6.07) is 13.8. The van der Waals surface area contributed by atoms with Gasteiger partial charge in [0, 0.05) is 5.02 Å². The minimum absolute atomic E-state index is 0. The summed E-state index contributed by atoms with van der Waals surface area (Å²) in [7, 11) is 0. The van der Waals surface area contributed by atoms with Crippen molar-refractivity contribution in [3.05, 3.63) is 86.2 Å². The number of halogens is 4.